The fourth-order valence-electron chi connectivity index (χ4n) is 1.27. The number of nitrogens with zero attached hydrogens (tertiary/aromatic N) is 2. The molecular weight excluding hydrogens is 238 g/mol. The van der Waals surface area contributed by atoms with Gasteiger partial charge in [-0.2, -0.15) is 0 Å². The third-order valence-corrected chi connectivity index (χ3v) is 2.33. The van der Waals surface area contributed by atoms with Crippen LogP contribution in [0.4, 0.5) is 11.4 Å². The van der Waals surface area contributed by atoms with Crippen LogP contribution in [0.2, 0.25) is 0 Å². The Morgan fingerprint density at radius 2 is 2.17 bits per heavy atom. The molecule has 98 valence electrons. The first-order valence-corrected chi connectivity index (χ1v) is 5.22. The maximum Gasteiger partial charge on any atom is 0.292 e. The van der Waals surface area contributed by atoms with Crippen molar-refractivity contribution < 1.29 is 14.5 Å². The Kier molecular flexibility index (Phi) is 4.47. The van der Waals surface area contributed by atoms with E-state index in [-0.39, 0.29) is 23.8 Å². The Morgan fingerprint density at radius 1 is 1.50 bits per heavy atom. The summed E-state index contributed by atoms with van der Waals surface area (Å²) in [6.07, 6.45) is 0. The summed E-state index contributed by atoms with van der Waals surface area (Å²) >= 11 is 0. The summed E-state index contributed by atoms with van der Waals surface area (Å²) in [5.74, 6) is 0.313. The van der Waals surface area contributed by atoms with Gasteiger partial charge in [0.05, 0.1) is 18.6 Å². The summed E-state index contributed by atoms with van der Waals surface area (Å²) < 4.78 is 4.99. The number of nitrogens with one attached hydrogen (secondary N) is 1. The SMILES string of the molecule is COc1ccc([N+](=O)[O-])c(NCC(=O)N(C)C)c1. The minimum absolute atomic E-state index is 0.0129. The standard InChI is InChI=1S/C11H15N3O4/c1-13(2)11(15)7-12-9-6-8(18-3)4-5-10(9)14(16)17/h4-6,12H,7H2,1-3H3. The van der Waals surface area contributed by atoms with E-state index in [2.05, 4.69) is 5.32 Å². The number of carbonyl (C=O) groups is 1. The van der Waals surface area contributed by atoms with E-state index in [9.17, 15) is 14.9 Å². The molecular formula is C11H15N3O4. The lowest BCUT2D eigenvalue weighted by Crippen LogP contribution is -2.28. The van der Waals surface area contributed by atoms with E-state index in [0.29, 0.717) is 5.75 Å². The summed E-state index contributed by atoms with van der Waals surface area (Å²) in [6, 6.07) is 4.32. The maximum absolute atomic E-state index is 11.4. The van der Waals surface area contributed by atoms with Gasteiger partial charge in [-0.15, -0.1) is 0 Å². The van der Waals surface area contributed by atoms with Crippen LogP contribution in [0.1, 0.15) is 0 Å². The number of ether oxygens (including phenoxy) is 1. The Morgan fingerprint density at radius 3 is 2.67 bits per heavy atom. The zero-order valence-electron chi connectivity index (χ0n) is 10.5. The quantitative estimate of drug-likeness (QED) is 0.627. The number of anilines is 1. The molecule has 0 aliphatic heterocycles. The Balaban J connectivity index is 2.91. The van der Waals surface area contributed by atoms with Gasteiger partial charge in [0.2, 0.25) is 5.91 Å². The zero-order valence-corrected chi connectivity index (χ0v) is 10.5. The lowest BCUT2D eigenvalue weighted by molar-refractivity contribution is -0.384. The highest BCUT2D eigenvalue weighted by Gasteiger charge is 2.15. The van der Waals surface area contributed by atoms with E-state index in [0.717, 1.165) is 0 Å². The van der Waals surface area contributed by atoms with Crippen LogP contribution in [-0.2, 0) is 4.79 Å². The summed E-state index contributed by atoms with van der Waals surface area (Å²) in [4.78, 5) is 23.1. The Hall–Kier alpha value is -2.31. The molecule has 0 aliphatic rings. The maximum atomic E-state index is 11.4. The average Bonchev–Trinajstić information content (AvgIpc) is 2.34. The zero-order chi connectivity index (χ0) is 13.7. The lowest BCUT2D eigenvalue weighted by atomic mass is 10.2. The molecule has 0 spiro atoms. The van der Waals surface area contributed by atoms with Gasteiger partial charge in [-0.1, -0.05) is 0 Å². The van der Waals surface area contributed by atoms with E-state index < -0.39 is 4.92 Å². The van der Waals surface area contributed by atoms with Crippen molar-refractivity contribution in [2.45, 2.75) is 0 Å². The van der Waals surface area contributed by atoms with Crippen LogP contribution in [0.3, 0.4) is 0 Å². The van der Waals surface area contributed by atoms with Gasteiger partial charge < -0.3 is 15.0 Å². The van der Waals surface area contributed by atoms with Crippen LogP contribution in [-0.4, -0.2) is 43.5 Å². The molecule has 0 aliphatic carbocycles. The van der Waals surface area contributed by atoms with Crippen LogP contribution in [0.15, 0.2) is 18.2 Å². The smallest absolute Gasteiger partial charge is 0.292 e. The molecule has 0 atom stereocenters. The number of nitro benzene ring substituents is 1. The van der Waals surface area contributed by atoms with E-state index >= 15 is 0 Å². The van der Waals surface area contributed by atoms with Gasteiger partial charge >= 0.3 is 0 Å². The number of carbonyl (C=O) groups excluding carboxylic acids is 1. The molecule has 1 rings (SSSR count). The number of hydrogen-bond acceptors (Lipinski definition) is 5. The van der Waals surface area contributed by atoms with E-state index in [1.54, 1.807) is 14.1 Å². The van der Waals surface area contributed by atoms with Gasteiger partial charge in [-0.05, 0) is 6.07 Å². The van der Waals surface area contributed by atoms with Gasteiger partial charge in [0.25, 0.3) is 5.69 Å². The number of rotatable bonds is 5. The summed E-state index contributed by atoms with van der Waals surface area (Å²) in [5, 5.41) is 13.6. The first-order chi connectivity index (χ1) is 8.45. The van der Waals surface area contributed by atoms with E-state index in [1.165, 1.54) is 30.2 Å². The third kappa shape index (κ3) is 3.34. The molecule has 1 aromatic carbocycles. The molecule has 1 amide bonds. The molecule has 18 heavy (non-hydrogen) atoms. The van der Waals surface area contributed by atoms with Gasteiger partial charge in [0, 0.05) is 26.2 Å². The molecule has 7 heteroatoms. The van der Waals surface area contributed by atoms with Crippen molar-refractivity contribution in [3.63, 3.8) is 0 Å². The predicted molar refractivity (Wildman–Crippen MR) is 66.8 cm³/mol. The Labute approximate surface area is 104 Å². The van der Waals surface area contributed by atoms with Crippen molar-refractivity contribution in [1.82, 2.24) is 4.90 Å². The fourth-order valence-corrected chi connectivity index (χ4v) is 1.27. The topological polar surface area (TPSA) is 84.7 Å². The highest BCUT2D eigenvalue weighted by molar-refractivity contribution is 5.81. The van der Waals surface area contributed by atoms with Crippen molar-refractivity contribution in [2.75, 3.05) is 33.1 Å². The number of amides is 1. The van der Waals surface area contributed by atoms with E-state index in [1.807, 2.05) is 0 Å². The van der Waals surface area contributed by atoms with Crippen LogP contribution >= 0.6 is 0 Å². The summed E-state index contributed by atoms with van der Waals surface area (Å²) in [5.41, 5.74) is 0.164. The summed E-state index contributed by atoms with van der Waals surface area (Å²) in [7, 11) is 4.70. The van der Waals surface area contributed by atoms with Crippen LogP contribution in [0.25, 0.3) is 0 Å². The molecule has 0 radical (unpaired) electrons. The van der Waals surface area contributed by atoms with Crippen LogP contribution in [0.5, 0.6) is 5.75 Å². The van der Waals surface area contributed by atoms with Crippen molar-refractivity contribution in [3.8, 4) is 5.75 Å². The van der Waals surface area contributed by atoms with Crippen molar-refractivity contribution in [2.24, 2.45) is 0 Å². The van der Waals surface area contributed by atoms with Crippen molar-refractivity contribution in [1.29, 1.82) is 0 Å². The molecule has 0 fully saturated rings. The third-order valence-electron chi connectivity index (χ3n) is 2.33. The monoisotopic (exact) mass is 253 g/mol. The molecule has 0 heterocycles. The first-order valence-electron chi connectivity index (χ1n) is 5.22. The molecule has 0 bridgehead atoms. The summed E-state index contributed by atoms with van der Waals surface area (Å²) in [6.45, 7) is -0.0129. The molecule has 0 aromatic heterocycles. The lowest BCUT2D eigenvalue weighted by Gasteiger charge is -2.12. The van der Waals surface area contributed by atoms with Gasteiger partial charge in [-0.25, -0.2) is 0 Å². The highest BCUT2D eigenvalue weighted by atomic mass is 16.6. The fraction of sp³-hybridized carbons (Fsp3) is 0.364. The average molecular weight is 253 g/mol. The number of benzene rings is 1. The molecule has 7 nitrogen and oxygen atoms in total. The van der Waals surface area contributed by atoms with Gasteiger partial charge in [0.1, 0.15) is 11.4 Å². The number of hydrogen-bond donors (Lipinski definition) is 1. The normalized spacial score (nSPS) is 9.72. The van der Waals surface area contributed by atoms with Crippen LogP contribution in [0, 0.1) is 10.1 Å². The first kappa shape index (κ1) is 13.8. The highest BCUT2D eigenvalue weighted by Crippen LogP contribution is 2.28. The minimum Gasteiger partial charge on any atom is -0.497 e. The second-order valence-electron chi connectivity index (χ2n) is 3.78. The van der Waals surface area contributed by atoms with Crippen LogP contribution < -0.4 is 10.1 Å². The minimum atomic E-state index is -0.512. The second kappa shape index (κ2) is 5.85. The number of methoxy groups -OCH3 is 1. The molecule has 0 saturated heterocycles. The van der Waals surface area contributed by atoms with Crippen molar-refractivity contribution in [3.05, 3.63) is 28.3 Å². The predicted octanol–water partition coefficient (Wildman–Crippen LogP) is 1.10. The largest absolute Gasteiger partial charge is 0.497 e. The van der Waals surface area contributed by atoms with Gasteiger partial charge in [-0.3, -0.25) is 14.9 Å². The number of nitro groups is 1. The molecule has 0 unspecified atom stereocenters. The second-order valence-corrected chi connectivity index (χ2v) is 3.78. The van der Waals surface area contributed by atoms with E-state index in [4.69, 9.17) is 4.74 Å². The Bertz CT molecular complexity index is 460. The molecule has 0 saturated carbocycles. The number of likely N-dealkylation sites (N-methyl/N-ethyl adjacent to an activating group) is 1. The van der Waals surface area contributed by atoms with Crippen molar-refractivity contribution >= 4 is 17.3 Å². The molecule has 1 N–H and O–H groups in total. The molecule has 1 aromatic rings. The van der Waals surface area contributed by atoms with Gasteiger partial charge in [0.15, 0.2) is 0 Å².